The van der Waals surface area contributed by atoms with E-state index >= 15 is 0 Å². The molecule has 3 nitrogen and oxygen atoms in total. The van der Waals surface area contributed by atoms with Gasteiger partial charge in [0.1, 0.15) is 6.04 Å². The first-order chi connectivity index (χ1) is 5.89. The summed E-state index contributed by atoms with van der Waals surface area (Å²) >= 11 is 0. The molecular formula is C8H16ClF2NO2. The van der Waals surface area contributed by atoms with Crippen molar-refractivity contribution >= 4 is 18.4 Å². The maximum atomic E-state index is 12.9. The van der Waals surface area contributed by atoms with Crippen LogP contribution in [0.5, 0.6) is 0 Å². The second kappa shape index (κ2) is 6.95. The standard InChI is InChI=1S/C8H15F2NO2.ClH/c1-2-3-4-8(9,10)5-6(11)7(12)13;/h6H,2-5,11H2,1H3,(H,12,13);1H. The van der Waals surface area contributed by atoms with Crippen LogP contribution in [-0.2, 0) is 4.79 Å². The summed E-state index contributed by atoms with van der Waals surface area (Å²) < 4.78 is 25.8. The third kappa shape index (κ3) is 7.03. The number of hydrogen-bond donors (Lipinski definition) is 2. The van der Waals surface area contributed by atoms with Crippen LogP contribution in [0.2, 0.25) is 0 Å². The molecule has 0 radical (unpaired) electrons. The zero-order chi connectivity index (χ0) is 10.5. The molecule has 0 saturated heterocycles. The van der Waals surface area contributed by atoms with Gasteiger partial charge in [0.15, 0.2) is 0 Å². The molecule has 0 aliphatic rings. The lowest BCUT2D eigenvalue weighted by Crippen LogP contribution is -2.36. The molecule has 0 amide bonds. The van der Waals surface area contributed by atoms with Crippen molar-refractivity contribution in [1.82, 2.24) is 0 Å². The number of nitrogens with two attached hydrogens (primary N) is 1. The van der Waals surface area contributed by atoms with Crippen molar-refractivity contribution in [2.24, 2.45) is 5.73 Å². The molecule has 0 aliphatic carbocycles. The fourth-order valence-electron chi connectivity index (χ4n) is 0.947. The molecule has 1 atom stereocenters. The first-order valence-electron chi connectivity index (χ1n) is 4.25. The normalized spacial score (nSPS) is 13.1. The van der Waals surface area contributed by atoms with Crippen LogP contribution in [0.15, 0.2) is 0 Å². The maximum Gasteiger partial charge on any atom is 0.320 e. The highest BCUT2D eigenvalue weighted by molar-refractivity contribution is 5.85. The van der Waals surface area contributed by atoms with Crippen LogP contribution in [0.3, 0.4) is 0 Å². The molecule has 0 spiro atoms. The largest absolute Gasteiger partial charge is 0.480 e. The number of aliphatic carboxylic acids is 1. The van der Waals surface area contributed by atoms with Crippen LogP contribution in [0.25, 0.3) is 0 Å². The Labute approximate surface area is 88.1 Å². The van der Waals surface area contributed by atoms with Crippen molar-refractivity contribution in [1.29, 1.82) is 0 Å². The summed E-state index contributed by atoms with van der Waals surface area (Å²) in [5.41, 5.74) is 4.99. The summed E-state index contributed by atoms with van der Waals surface area (Å²) in [5, 5.41) is 8.31. The number of rotatable bonds is 6. The maximum absolute atomic E-state index is 12.9. The monoisotopic (exact) mass is 231 g/mol. The van der Waals surface area contributed by atoms with Gasteiger partial charge in [-0.25, -0.2) is 8.78 Å². The van der Waals surface area contributed by atoms with Crippen molar-refractivity contribution in [2.45, 2.75) is 44.6 Å². The van der Waals surface area contributed by atoms with Gasteiger partial charge in [0.05, 0.1) is 0 Å². The molecule has 0 rings (SSSR count). The number of unbranched alkanes of at least 4 members (excludes halogenated alkanes) is 1. The minimum absolute atomic E-state index is 0. The average Bonchev–Trinajstić information content (AvgIpc) is 2.00. The molecule has 6 heteroatoms. The molecule has 0 fully saturated rings. The lowest BCUT2D eigenvalue weighted by atomic mass is 10.0. The molecule has 0 aromatic carbocycles. The fourth-order valence-corrected chi connectivity index (χ4v) is 0.947. The van der Waals surface area contributed by atoms with E-state index in [4.69, 9.17) is 10.8 Å². The van der Waals surface area contributed by atoms with Crippen LogP contribution < -0.4 is 5.73 Å². The minimum Gasteiger partial charge on any atom is -0.480 e. The van der Waals surface area contributed by atoms with Gasteiger partial charge in [-0.05, 0) is 6.42 Å². The van der Waals surface area contributed by atoms with E-state index in [1.54, 1.807) is 6.92 Å². The highest BCUT2D eigenvalue weighted by atomic mass is 35.5. The van der Waals surface area contributed by atoms with E-state index in [1.165, 1.54) is 0 Å². The van der Waals surface area contributed by atoms with Gasteiger partial charge >= 0.3 is 5.97 Å². The summed E-state index contributed by atoms with van der Waals surface area (Å²) in [5.74, 6) is -4.33. The van der Waals surface area contributed by atoms with Gasteiger partial charge in [0.25, 0.3) is 0 Å². The third-order valence-electron chi connectivity index (χ3n) is 1.73. The van der Waals surface area contributed by atoms with Gasteiger partial charge in [0, 0.05) is 12.8 Å². The first-order valence-corrected chi connectivity index (χ1v) is 4.25. The predicted molar refractivity (Wildman–Crippen MR) is 51.9 cm³/mol. The van der Waals surface area contributed by atoms with Gasteiger partial charge in [-0.1, -0.05) is 13.3 Å². The Morgan fingerprint density at radius 1 is 1.57 bits per heavy atom. The van der Waals surface area contributed by atoms with E-state index in [9.17, 15) is 13.6 Å². The summed E-state index contributed by atoms with van der Waals surface area (Å²) in [7, 11) is 0. The summed E-state index contributed by atoms with van der Waals surface area (Å²) in [6.07, 6.45) is -0.00987. The van der Waals surface area contributed by atoms with E-state index in [2.05, 4.69) is 0 Å². The van der Waals surface area contributed by atoms with E-state index in [1.807, 2.05) is 0 Å². The van der Waals surface area contributed by atoms with E-state index in [0.717, 1.165) is 0 Å². The van der Waals surface area contributed by atoms with Gasteiger partial charge in [-0.2, -0.15) is 0 Å². The molecule has 86 valence electrons. The number of hydrogen-bond acceptors (Lipinski definition) is 2. The van der Waals surface area contributed by atoms with E-state index in [-0.39, 0.29) is 18.8 Å². The molecule has 0 saturated carbocycles. The molecule has 1 unspecified atom stereocenters. The van der Waals surface area contributed by atoms with Crippen molar-refractivity contribution < 1.29 is 18.7 Å². The van der Waals surface area contributed by atoms with Gasteiger partial charge in [0.2, 0.25) is 5.92 Å². The van der Waals surface area contributed by atoms with E-state index in [0.29, 0.717) is 12.8 Å². The smallest absolute Gasteiger partial charge is 0.320 e. The van der Waals surface area contributed by atoms with Crippen LogP contribution in [-0.4, -0.2) is 23.0 Å². The minimum atomic E-state index is -2.95. The Bertz CT molecular complexity index is 179. The molecule has 3 N–H and O–H groups in total. The SMILES string of the molecule is CCCCC(F)(F)CC(N)C(=O)O.Cl. The van der Waals surface area contributed by atoms with Crippen molar-refractivity contribution in [3.8, 4) is 0 Å². The quantitative estimate of drug-likeness (QED) is 0.735. The van der Waals surface area contributed by atoms with Crippen molar-refractivity contribution in [2.75, 3.05) is 0 Å². The molecule has 0 aromatic rings. The second-order valence-corrected chi connectivity index (χ2v) is 3.11. The summed E-state index contributed by atoms with van der Waals surface area (Å²) in [6.45, 7) is 1.80. The van der Waals surface area contributed by atoms with Crippen molar-refractivity contribution in [3.63, 3.8) is 0 Å². The van der Waals surface area contributed by atoms with Crippen LogP contribution in [0.4, 0.5) is 8.78 Å². The topological polar surface area (TPSA) is 63.3 Å². The molecule has 0 aromatic heterocycles. The van der Waals surface area contributed by atoms with Crippen molar-refractivity contribution in [3.05, 3.63) is 0 Å². The Kier molecular flexibility index (Phi) is 7.96. The number of alkyl halides is 2. The number of carboxylic acid groups (broad SMARTS) is 1. The van der Waals surface area contributed by atoms with Gasteiger partial charge < -0.3 is 10.8 Å². The number of halogens is 3. The first kappa shape index (κ1) is 16.0. The van der Waals surface area contributed by atoms with Crippen LogP contribution in [0, 0.1) is 0 Å². The summed E-state index contributed by atoms with van der Waals surface area (Å²) in [6, 6.07) is -1.47. The van der Waals surface area contributed by atoms with Gasteiger partial charge in [-0.3, -0.25) is 4.79 Å². The summed E-state index contributed by atoms with van der Waals surface area (Å²) in [4.78, 5) is 10.2. The molecule has 0 bridgehead atoms. The zero-order valence-corrected chi connectivity index (χ0v) is 8.82. The lowest BCUT2D eigenvalue weighted by Gasteiger charge is -2.17. The van der Waals surface area contributed by atoms with Crippen LogP contribution in [0.1, 0.15) is 32.6 Å². The molecule has 0 heterocycles. The molecule has 0 aliphatic heterocycles. The number of carboxylic acids is 1. The Hall–Kier alpha value is -0.420. The Balaban J connectivity index is 0. The molecule has 14 heavy (non-hydrogen) atoms. The van der Waals surface area contributed by atoms with Gasteiger partial charge in [-0.15, -0.1) is 12.4 Å². The Morgan fingerprint density at radius 3 is 2.43 bits per heavy atom. The Morgan fingerprint density at radius 2 is 2.07 bits per heavy atom. The fraction of sp³-hybridized carbons (Fsp3) is 0.875. The second-order valence-electron chi connectivity index (χ2n) is 3.11. The number of carbonyl (C=O) groups is 1. The lowest BCUT2D eigenvalue weighted by molar-refractivity contribution is -0.141. The average molecular weight is 232 g/mol. The predicted octanol–water partition coefficient (Wildman–Crippen LogP) is 2.04. The molecular weight excluding hydrogens is 216 g/mol. The van der Waals surface area contributed by atoms with Crippen LogP contribution >= 0.6 is 12.4 Å². The zero-order valence-electron chi connectivity index (χ0n) is 8.00. The highest BCUT2D eigenvalue weighted by Gasteiger charge is 2.32. The third-order valence-corrected chi connectivity index (χ3v) is 1.73. The van der Waals surface area contributed by atoms with E-state index < -0.39 is 24.4 Å². The highest BCUT2D eigenvalue weighted by Crippen LogP contribution is 2.26.